The van der Waals surface area contributed by atoms with Crippen molar-refractivity contribution < 1.29 is 0 Å². The normalized spacial score (nSPS) is 10.7. The van der Waals surface area contributed by atoms with Gasteiger partial charge in [0.15, 0.2) is 0 Å². The van der Waals surface area contributed by atoms with Crippen molar-refractivity contribution >= 4 is 28.0 Å². The summed E-state index contributed by atoms with van der Waals surface area (Å²) >= 11 is 0. The van der Waals surface area contributed by atoms with Gasteiger partial charge in [0.2, 0.25) is 0 Å². The summed E-state index contributed by atoms with van der Waals surface area (Å²) in [6, 6.07) is 16.2. The van der Waals surface area contributed by atoms with E-state index >= 15 is 0 Å². The third kappa shape index (κ3) is 2.30. The van der Waals surface area contributed by atoms with E-state index in [1.807, 2.05) is 24.3 Å². The predicted molar refractivity (Wildman–Crippen MR) is 85.3 cm³/mol. The molecule has 2 aromatic carbocycles. The SMILES string of the molecule is CCc1ccc(Nc2ccc3ncccc3c2N)cc1. The minimum Gasteiger partial charge on any atom is -0.396 e. The molecule has 0 aliphatic rings. The Morgan fingerprint density at radius 1 is 1.05 bits per heavy atom. The van der Waals surface area contributed by atoms with Gasteiger partial charge in [-0.3, -0.25) is 4.98 Å². The van der Waals surface area contributed by atoms with E-state index in [-0.39, 0.29) is 0 Å². The molecule has 0 fully saturated rings. The number of anilines is 3. The van der Waals surface area contributed by atoms with Crippen molar-refractivity contribution in [1.29, 1.82) is 0 Å². The molecular formula is C17H17N3. The Hall–Kier alpha value is -2.55. The number of aryl methyl sites for hydroxylation is 1. The summed E-state index contributed by atoms with van der Waals surface area (Å²) in [5.74, 6) is 0. The Bertz CT molecular complexity index is 733. The van der Waals surface area contributed by atoms with Crippen LogP contribution in [0, 0.1) is 0 Å². The van der Waals surface area contributed by atoms with Crippen LogP contribution in [0.5, 0.6) is 0 Å². The van der Waals surface area contributed by atoms with E-state index in [1.165, 1.54) is 5.56 Å². The van der Waals surface area contributed by atoms with Crippen molar-refractivity contribution in [2.24, 2.45) is 0 Å². The molecule has 1 aromatic heterocycles. The second-order valence-corrected chi connectivity index (χ2v) is 4.77. The first-order valence-corrected chi connectivity index (χ1v) is 6.77. The van der Waals surface area contributed by atoms with Gasteiger partial charge < -0.3 is 11.1 Å². The first kappa shape index (κ1) is 12.5. The number of fused-ring (bicyclic) bond motifs is 1. The maximum atomic E-state index is 6.22. The van der Waals surface area contributed by atoms with E-state index in [0.717, 1.165) is 34.4 Å². The second kappa shape index (κ2) is 5.21. The summed E-state index contributed by atoms with van der Waals surface area (Å²) < 4.78 is 0. The number of rotatable bonds is 3. The molecule has 3 rings (SSSR count). The third-order valence-corrected chi connectivity index (χ3v) is 3.47. The number of pyridine rings is 1. The van der Waals surface area contributed by atoms with E-state index in [2.05, 4.69) is 41.5 Å². The fraction of sp³-hybridized carbons (Fsp3) is 0.118. The average molecular weight is 263 g/mol. The fourth-order valence-electron chi connectivity index (χ4n) is 2.26. The summed E-state index contributed by atoms with van der Waals surface area (Å²) in [7, 11) is 0. The summed E-state index contributed by atoms with van der Waals surface area (Å²) in [4.78, 5) is 4.31. The highest BCUT2D eigenvalue weighted by molar-refractivity contribution is 5.97. The van der Waals surface area contributed by atoms with Crippen LogP contribution in [0.2, 0.25) is 0 Å². The van der Waals surface area contributed by atoms with Crippen LogP contribution < -0.4 is 11.1 Å². The number of nitrogen functional groups attached to an aromatic ring is 1. The van der Waals surface area contributed by atoms with Crippen LogP contribution in [-0.4, -0.2) is 4.98 Å². The van der Waals surface area contributed by atoms with Crippen molar-refractivity contribution in [1.82, 2.24) is 4.98 Å². The van der Waals surface area contributed by atoms with Crippen LogP contribution in [0.25, 0.3) is 10.9 Å². The summed E-state index contributed by atoms with van der Waals surface area (Å²) in [6.07, 6.45) is 2.82. The minimum absolute atomic E-state index is 0.732. The number of nitrogens with zero attached hydrogens (tertiary/aromatic N) is 1. The summed E-state index contributed by atoms with van der Waals surface area (Å²) in [5, 5.41) is 4.34. The average Bonchev–Trinajstić information content (AvgIpc) is 2.51. The van der Waals surface area contributed by atoms with E-state index in [9.17, 15) is 0 Å². The van der Waals surface area contributed by atoms with Crippen LogP contribution in [0.1, 0.15) is 12.5 Å². The third-order valence-electron chi connectivity index (χ3n) is 3.47. The van der Waals surface area contributed by atoms with Crippen LogP contribution in [0.15, 0.2) is 54.7 Å². The second-order valence-electron chi connectivity index (χ2n) is 4.77. The number of nitrogens with two attached hydrogens (primary N) is 1. The predicted octanol–water partition coefficient (Wildman–Crippen LogP) is 4.12. The molecule has 0 saturated heterocycles. The van der Waals surface area contributed by atoms with Crippen LogP contribution in [-0.2, 0) is 6.42 Å². The maximum Gasteiger partial charge on any atom is 0.0724 e. The molecule has 1 heterocycles. The molecule has 0 spiro atoms. The van der Waals surface area contributed by atoms with E-state index in [4.69, 9.17) is 5.73 Å². The van der Waals surface area contributed by atoms with Gasteiger partial charge in [-0.15, -0.1) is 0 Å². The molecule has 3 nitrogen and oxygen atoms in total. The first-order valence-electron chi connectivity index (χ1n) is 6.77. The van der Waals surface area contributed by atoms with E-state index < -0.39 is 0 Å². The molecule has 3 heteroatoms. The first-order chi connectivity index (χ1) is 9.78. The highest BCUT2D eigenvalue weighted by Gasteiger charge is 2.05. The lowest BCUT2D eigenvalue weighted by Gasteiger charge is -2.11. The Morgan fingerprint density at radius 2 is 1.85 bits per heavy atom. The quantitative estimate of drug-likeness (QED) is 0.699. The van der Waals surface area contributed by atoms with Gasteiger partial charge in [0.1, 0.15) is 0 Å². The lowest BCUT2D eigenvalue weighted by atomic mass is 10.1. The monoisotopic (exact) mass is 263 g/mol. The molecule has 100 valence electrons. The number of hydrogen-bond donors (Lipinski definition) is 2. The van der Waals surface area contributed by atoms with Crippen molar-refractivity contribution in [3.8, 4) is 0 Å². The van der Waals surface area contributed by atoms with Crippen molar-refractivity contribution in [3.05, 3.63) is 60.3 Å². The zero-order valence-electron chi connectivity index (χ0n) is 11.4. The Balaban J connectivity index is 1.95. The topological polar surface area (TPSA) is 50.9 Å². The molecule has 0 aliphatic carbocycles. The fourth-order valence-corrected chi connectivity index (χ4v) is 2.26. The zero-order valence-corrected chi connectivity index (χ0v) is 11.4. The molecule has 20 heavy (non-hydrogen) atoms. The lowest BCUT2D eigenvalue weighted by Crippen LogP contribution is -1.97. The van der Waals surface area contributed by atoms with Crippen molar-refractivity contribution in [2.75, 3.05) is 11.1 Å². The van der Waals surface area contributed by atoms with Gasteiger partial charge in [0.25, 0.3) is 0 Å². The Morgan fingerprint density at radius 3 is 2.60 bits per heavy atom. The van der Waals surface area contributed by atoms with E-state index in [0.29, 0.717) is 0 Å². The summed E-state index contributed by atoms with van der Waals surface area (Å²) in [6.45, 7) is 2.15. The van der Waals surface area contributed by atoms with Gasteiger partial charge >= 0.3 is 0 Å². The number of benzene rings is 2. The highest BCUT2D eigenvalue weighted by atomic mass is 14.9. The molecular weight excluding hydrogens is 246 g/mol. The minimum atomic E-state index is 0.732. The Labute approximate surface area is 118 Å². The van der Waals surface area contributed by atoms with Gasteiger partial charge in [0, 0.05) is 17.3 Å². The number of nitrogens with one attached hydrogen (secondary N) is 1. The van der Waals surface area contributed by atoms with Crippen LogP contribution in [0.3, 0.4) is 0 Å². The van der Waals surface area contributed by atoms with E-state index in [1.54, 1.807) is 6.20 Å². The Kier molecular flexibility index (Phi) is 3.25. The molecule has 0 atom stereocenters. The van der Waals surface area contributed by atoms with Gasteiger partial charge in [0.05, 0.1) is 16.9 Å². The van der Waals surface area contributed by atoms with Gasteiger partial charge in [-0.05, 0) is 48.4 Å². The molecule has 0 aliphatic heterocycles. The molecule has 0 radical (unpaired) electrons. The molecule has 0 bridgehead atoms. The molecule has 0 saturated carbocycles. The van der Waals surface area contributed by atoms with Gasteiger partial charge in [-0.1, -0.05) is 19.1 Å². The van der Waals surface area contributed by atoms with Crippen molar-refractivity contribution in [3.63, 3.8) is 0 Å². The highest BCUT2D eigenvalue weighted by Crippen LogP contribution is 2.29. The van der Waals surface area contributed by atoms with Gasteiger partial charge in [-0.25, -0.2) is 0 Å². The number of hydrogen-bond acceptors (Lipinski definition) is 3. The van der Waals surface area contributed by atoms with Crippen molar-refractivity contribution in [2.45, 2.75) is 13.3 Å². The zero-order chi connectivity index (χ0) is 13.9. The molecule has 3 aromatic rings. The lowest BCUT2D eigenvalue weighted by molar-refractivity contribution is 1.14. The number of aromatic nitrogens is 1. The van der Waals surface area contributed by atoms with Crippen LogP contribution in [0.4, 0.5) is 17.1 Å². The molecule has 0 amide bonds. The standard InChI is InChI=1S/C17H17N3/c1-2-12-5-7-13(8-6-12)20-16-10-9-15-14(17(16)18)4-3-11-19-15/h3-11,20H,2,18H2,1H3. The smallest absolute Gasteiger partial charge is 0.0724 e. The molecule has 3 N–H and O–H groups in total. The summed E-state index contributed by atoms with van der Waals surface area (Å²) in [5.41, 5.74) is 11.1. The molecule has 0 unspecified atom stereocenters. The van der Waals surface area contributed by atoms with Gasteiger partial charge in [-0.2, -0.15) is 0 Å². The largest absolute Gasteiger partial charge is 0.396 e. The maximum absolute atomic E-state index is 6.22. The van der Waals surface area contributed by atoms with Crippen LogP contribution >= 0.6 is 0 Å².